The van der Waals surface area contributed by atoms with Crippen molar-refractivity contribution in [3.8, 4) is 0 Å². The fraction of sp³-hybridized carbons (Fsp3) is 0.182. The van der Waals surface area contributed by atoms with Crippen LogP contribution in [0.4, 0.5) is 5.69 Å². The van der Waals surface area contributed by atoms with Gasteiger partial charge in [-0.3, -0.25) is 5.10 Å². The summed E-state index contributed by atoms with van der Waals surface area (Å²) in [6.45, 7) is 2.09. The zero-order valence-electron chi connectivity index (χ0n) is 9.01. The summed E-state index contributed by atoms with van der Waals surface area (Å²) >= 11 is 0. The topological polar surface area (TPSA) is 79.4 Å². The first-order chi connectivity index (χ1) is 7.85. The van der Waals surface area contributed by atoms with Crippen molar-refractivity contribution in [3.05, 3.63) is 23.9 Å². The molecule has 5 nitrogen and oxygen atoms in total. The van der Waals surface area contributed by atoms with Gasteiger partial charge in [0.2, 0.25) is 0 Å². The van der Waals surface area contributed by atoms with Crippen molar-refractivity contribution in [2.75, 3.05) is 0 Å². The van der Waals surface area contributed by atoms with Gasteiger partial charge in [0.25, 0.3) is 0 Å². The van der Waals surface area contributed by atoms with Crippen LogP contribution in [0.3, 0.4) is 0 Å². The van der Waals surface area contributed by atoms with E-state index >= 15 is 0 Å². The predicted molar refractivity (Wildman–Crippen MR) is 66.3 cm³/mol. The summed E-state index contributed by atoms with van der Waals surface area (Å²) in [6, 6.07) is 4.04. The minimum atomic E-state index is 0.905. The maximum atomic E-state index is 5.14. The van der Waals surface area contributed by atoms with E-state index in [0.29, 0.717) is 0 Å². The lowest BCUT2D eigenvalue weighted by Crippen LogP contribution is -1.88. The fourth-order valence-electron chi connectivity index (χ4n) is 1.56. The van der Waals surface area contributed by atoms with E-state index in [1.807, 2.05) is 6.07 Å². The number of rotatable bonds is 3. The number of nitrogens with one attached hydrogen (secondary N) is 1. The molecule has 1 aromatic heterocycles. The Hall–Kier alpha value is -2.17. The molecule has 1 heterocycles. The Balaban J connectivity index is 2.48. The summed E-state index contributed by atoms with van der Waals surface area (Å²) in [5.41, 5.74) is 8.22. The third-order valence-electron chi connectivity index (χ3n) is 2.37. The number of aromatic nitrogens is 2. The SMILES string of the molecule is CCc1cc2[nH]ncc2cc1N=CN=CN. The van der Waals surface area contributed by atoms with Gasteiger partial charge in [0.05, 0.1) is 23.7 Å². The third kappa shape index (κ3) is 1.93. The minimum Gasteiger partial charge on any atom is -0.390 e. The number of fused-ring (bicyclic) bond motifs is 1. The molecule has 0 aliphatic heterocycles. The van der Waals surface area contributed by atoms with E-state index in [2.05, 4.69) is 33.2 Å². The van der Waals surface area contributed by atoms with Crippen LogP contribution in [0, 0.1) is 0 Å². The lowest BCUT2D eigenvalue weighted by Gasteiger charge is -2.02. The molecule has 0 bridgehead atoms. The van der Waals surface area contributed by atoms with Crippen LogP contribution in [0.15, 0.2) is 28.3 Å². The van der Waals surface area contributed by atoms with Gasteiger partial charge in [-0.15, -0.1) is 0 Å². The number of nitrogens with two attached hydrogens (primary N) is 1. The fourth-order valence-corrected chi connectivity index (χ4v) is 1.56. The second-order valence-corrected chi connectivity index (χ2v) is 3.33. The van der Waals surface area contributed by atoms with Crippen molar-refractivity contribution in [1.29, 1.82) is 0 Å². The molecular formula is C11H13N5. The molecule has 0 saturated carbocycles. The van der Waals surface area contributed by atoms with Crippen LogP contribution in [0.25, 0.3) is 10.9 Å². The molecule has 1 aromatic carbocycles. The number of hydrogen-bond acceptors (Lipinski definition) is 2. The molecule has 0 spiro atoms. The molecule has 82 valence electrons. The minimum absolute atomic E-state index is 0.905. The van der Waals surface area contributed by atoms with Crippen LogP contribution in [0.1, 0.15) is 12.5 Å². The molecule has 0 saturated heterocycles. The van der Waals surface area contributed by atoms with Crippen molar-refractivity contribution in [3.63, 3.8) is 0 Å². The maximum Gasteiger partial charge on any atom is 0.117 e. The summed E-state index contributed by atoms with van der Waals surface area (Å²) in [7, 11) is 0. The molecular weight excluding hydrogens is 202 g/mol. The quantitative estimate of drug-likeness (QED) is 0.604. The molecule has 0 aliphatic rings. The van der Waals surface area contributed by atoms with E-state index < -0.39 is 0 Å². The Labute approximate surface area is 93.1 Å². The van der Waals surface area contributed by atoms with Crippen molar-refractivity contribution in [2.24, 2.45) is 15.7 Å². The largest absolute Gasteiger partial charge is 0.390 e. The second-order valence-electron chi connectivity index (χ2n) is 3.33. The molecule has 0 fully saturated rings. The predicted octanol–water partition coefficient (Wildman–Crippen LogP) is 1.77. The molecule has 0 radical (unpaired) electrons. The van der Waals surface area contributed by atoms with Crippen LogP contribution in [-0.4, -0.2) is 22.9 Å². The lowest BCUT2D eigenvalue weighted by molar-refractivity contribution is 1.11. The summed E-state index contributed by atoms with van der Waals surface area (Å²) in [6.07, 6.45) is 5.35. The summed E-state index contributed by atoms with van der Waals surface area (Å²) in [5, 5.41) is 7.97. The smallest absolute Gasteiger partial charge is 0.117 e. The Morgan fingerprint density at radius 1 is 1.50 bits per heavy atom. The summed E-state index contributed by atoms with van der Waals surface area (Å²) in [4.78, 5) is 8.00. The van der Waals surface area contributed by atoms with Gasteiger partial charge >= 0.3 is 0 Å². The molecule has 0 amide bonds. The number of nitrogens with zero attached hydrogens (tertiary/aromatic N) is 3. The molecule has 3 N–H and O–H groups in total. The highest BCUT2D eigenvalue weighted by atomic mass is 15.1. The number of aryl methyl sites for hydroxylation is 1. The van der Waals surface area contributed by atoms with Gasteiger partial charge in [0.1, 0.15) is 6.34 Å². The number of aliphatic imine (C=N–C) groups is 2. The van der Waals surface area contributed by atoms with Crippen LogP contribution in [0.5, 0.6) is 0 Å². The monoisotopic (exact) mass is 215 g/mol. The van der Waals surface area contributed by atoms with Crippen molar-refractivity contribution in [2.45, 2.75) is 13.3 Å². The average molecular weight is 215 g/mol. The first kappa shape index (κ1) is 10.4. The highest BCUT2D eigenvalue weighted by molar-refractivity contribution is 5.84. The molecule has 5 heteroatoms. The van der Waals surface area contributed by atoms with Crippen LogP contribution >= 0.6 is 0 Å². The highest BCUT2D eigenvalue weighted by Gasteiger charge is 2.03. The molecule has 0 unspecified atom stereocenters. The van der Waals surface area contributed by atoms with E-state index in [-0.39, 0.29) is 0 Å². The lowest BCUT2D eigenvalue weighted by atomic mass is 10.1. The highest BCUT2D eigenvalue weighted by Crippen LogP contribution is 2.25. The average Bonchev–Trinajstić information content (AvgIpc) is 2.75. The number of aromatic amines is 1. The van der Waals surface area contributed by atoms with E-state index in [4.69, 9.17) is 5.73 Å². The normalized spacial score (nSPS) is 12.1. The zero-order chi connectivity index (χ0) is 11.4. The van der Waals surface area contributed by atoms with Crippen molar-refractivity contribution < 1.29 is 0 Å². The second kappa shape index (κ2) is 4.57. The van der Waals surface area contributed by atoms with E-state index in [9.17, 15) is 0 Å². The van der Waals surface area contributed by atoms with Crippen LogP contribution in [-0.2, 0) is 6.42 Å². The van der Waals surface area contributed by atoms with E-state index in [1.54, 1.807) is 6.20 Å². The maximum absolute atomic E-state index is 5.14. The molecule has 2 aromatic rings. The number of hydrogen-bond donors (Lipinski definition) is 2. The zero-order valence-corrected chi connectivity index (χ0v) is 9.01. The Kier molecular flexibility index (Phi) is 2.95. The standard InChI is InChI=1S/C11H13N5/c1-2-8-3-11-9(5-15-16-11)4-10(8)14-7-13-6-12/h3-7H,2H2,1H3,(H,15,16)(H2,12,13,14). The first-order valence-electron chi connectivity index (χ1n) is 5.07. The van der Waals surface area contributed by atoms with Gasteiger partial charge in [-0.2, -0.15) is 5.10 Å². The van der Waals surface area contributed by atoms with Gasteiger partial charge in [-0.05, 0) is 24.1 Å². The van der Waals surface area contributed by atoms with Gasteiger partial charge in [0, 0.05) is 5.39 Å². The third-order valence-corrected chi connectivity index (χ3v) is 2.37. The van der Waals surface area contributed by atoms with Gasteiger partial charge in [-0.25, -0.2) is 9.98 Å². The van der Waals surface area contributed by atoms with Crippen molar-refractivity contribution >= 4 is 29.3 Å². The summed E-state index contributed by atoms with van der Waals surface area (Å²) < 4.78 is 0. The van der Waals surface area contributed by atoms with Crippen LogP contribution in [0.2, 0.25) is 0 Å². The Morgan fingerprint density at radius 2 is 2.38 bits per heavy atom. The van der Waals surface area contributed by atoms with E-state index in [0.717, 1.165) is 28.6 Å². The van der Waals surface area contributed by atoms with Crippen LogP contribution < -0.4 is 5.73 Å². The van der Waals surface area contributed by atoms with E-state index in [1.165, 1.54) is 12.7 Å². The molecule has 16 heavy (non-hydrogen) atoms. The molecule has 0 aliphatic carbocycles. The van der Waals surface area contributed by atoms with Crippen molar-refractivity contribution in [1.82, 2.24) is 10.2 Å². The van der Waals surface area contributed by atoms with Gasteiger partial charge in [0.15, 0.2) is 0 Å². The van der Waals surface area contributed by atoms with Gasteiger partial charge < -0.3 is 5.73 Å². The molecule has 2 rings (SSSR count). The Bertz CT molecular complexity index is 538. The summed E-state index contributed by atoms with van der Waals surface area (Å²) in [5.74, 6) is 0. The first-order valence-corrected chi connectivity index (χ1v) is 5.07. The Morgan fingerprint density at radius 3 is 3.12 bits per heavy atom. The molecule has 0 atom stereocenters. The number of benzene rings is 1. The van der Waals surface area contributed by atoms with Gasteiger partial charge in [-0.1, -0.05) is 6.92 Å². The number of H-pyrrole nitrogens is 1.